The first-order valence-corrected chi connectivity index (χ1v) is 8.37. The van der Waals surface area contributed by atoms with Crippen LogP contribution in [-0.4, -0.2) is 24.7 Å². The number of anilines is 1. The average Bonchev–Trinajstić information content (AvgIpc) is 3.14. The van der Waals surface area contributed by atoms with Crippen LogP contribution >= 0.6 is 0 Å². The lowest BCUT2D eigenvalue weighted by atomic mass is 10.1. The fourth-order valence-corrected chi connectivity index (χ4v) is 3.44. The van der Waals surface area contributed by atoms with Crippen LogP contribution in [-0.2, 0) is 16.6 Å². The van der Waals surface area contributed by atoms with Gasteiger partial charge in [0.05, 0.1) is 16.8 Å². The zero-order valence-corrected chi connectivity index (χ0v) is 12.6. The van der Waals surface area contributed by atoms with Gasteiger partial charge in [-0.2, -0.15) is 5.10 Å². The number of aromatic nitrogens is 2. The van der Waals surface area contributed by atoms with Gasteiger partial charge in [0.25, 0.3) is 10.0 Å². The van der Waals surface area contributed by atoms with Crippen LogP contribution < -0.4 is 10.0 Å². The number of benzene rings is 1. The molecular formula is C14H18N4O2S. The largest absolute Gasteiger partial charge is 0.310 e. The van der Waals surface area contributed by atoms with Crippen LogP contribution in [0.4, 0.5) is 5.69 Å². The summed E-state index contributed by atoms with van der Waals surface area (Å²) < 4.78 is 27.4. The molecule has 21 heavy (non-hydrogen) atoms. The van der Waals surface area contributed by atoms with Gasteiger partial charge in [0.1, 0.15) is 0 Å². The maximum atomic E-state index is 12.4. The summed E-state index contributed by atoms with van der Waals surface area (Å²) >= 11 is 0. The van der Waals surface area contributed by atoms with E-state index in [1.807, 2.05) is 12.1 Å². The number of aromatic amines is 1. The number of H-pyrrole nitrogens is 1. The lowest BCUT2D eigenvalue weighted by molar-refractivity contribution is 0.600. The second-order valence-corrected chi connectivity index (χ2v) is 7.00. The predicted octanol–water partition coefficient (Wildman–Crippen LogP) is 1.77. The molecule has 1 aliphatic rings. The Morgan fingerprint density at radius 2 is 2.19 bits per heavy atom. The maximum Gasteiger partial charge on any atom is 0.262 e. The third-order valence-electron chi connectivity index (χ3n) is 3.46. The maximum absolute atomic E-state index is 12.4. The summed E-state index contributed by atoms with van der Waals surface area (Å²) in [6, 6.07) is 6.12. The van der Waals surface area contributed by atoms with Gasteiger partial charge in [-0.25, -0.2) is 8.42 Å². The van der Waals surface area contributed by atoms with Crippen LogP contribution in [0.25, 0.3) is 0 Å². The van der Waals surface area contributed by atoms with Crippen LogP contribution in [0.2, 0.25) is 0 Å². The molecule has 1 aliphatic carbocycles. The molecular weight excluding hydrogens is 288 g/mol. The molecule has 3 N–H and O–H groups in total. The molecule has 6 nitrogen and oxygen atoms in total. The number of hydrogen-bond acceptors (Lipinski definition) is 4. The molecule has 0 atom stereocenters. The van der Waals surface area contributed by atoms with Crippen LogP contribution in [0.5, 0.6) is 0 Å². The lowest BCUT2D eigenvalue weighted by Gasteiger charge is -2.11. The molecule has 0 unspecified atom stereocenters. The summed E-state index contributed by atoms with van der Waals surface area (Å²) in [5, 5.41) is 9.70. The highest BCUT2D eigenvalue weighted by Gasteiger charge is 2.21. The molecule has 1 saturated carbocycles. The van der Waals surface area contributed by atoms with Crippen LogP contribution in [0, 0.1) is 6.92 Å². The van der Waals surface area contributed by atoms with E-state index in [2.05, 4.69) is 20.2 Å². The van der Waals surface area contributed by atoms with Gasteiger partial charge in [0.15, 0.2) is 0 Å². The third-order valence-corrected chi connectivity index (χ3v) is 4.99. The van der Waals surface area contributed by atoms with Gasteiger partial charge in [-0.15, -0.1) is 0 Å². The Bertz CT molecular complexity index is 721. The van der Waals surface area contributed by atoms with Crippen molar-refractivity contribution in [1.82, 2.24) is 15.5 Å². The Labute approximate surface area is 124 Å². The van der Waals surface area contributed by atoms with Crippen LogP contribution in [0.15, 0.2) is 35.5 Å². The van der Waals surface area contributed by atoms with E-state index >= 15 is 0 Å². The molecule has 0 saturated heterocycles. The molecule has 112 valence electrons. The summed E-state index contributed by atoms with van der Waals surface area (Å²) in [5.74, 6) is 0. The Morgan fingerprint density at radius 1 is 1.38 bits per heavy atom. The first-order valence-electron chi connectivity index (χ1n) is 6.89. The summed E-state index contributed by atoms with van der Waals surface area (Å²) in [5.41, 5.74) is 2.12. The molecule has 0 aliphatic heterocycles. The fraction of sp³-hybridized carbons (Fsp3) is 0.357. The smallest absolute Gasteiger partial charge is 0.262 e. The molecule has 1 heterocycles. The van der Waals surface area contributed by atoms with Gasteiger partial charge in [-0.1, -0.05) is 12.1 Å². The second-order valence-electron chi connectivity index (χ2n) is 5.35. The number of hydrogen-bond donors (Lipinski definition) is 3. The van der Waals surface area contributed by atoms with Crippen molar-refractivity contribution in [2.75, 3.05) is 4.72 Å². The first kappa shape index (κ1) is 14.1. The van der Waals surface area contributed by atoms with E-state index < -0.39 is 10.0 Å². The number of aryl methyl sites for hydroxylation is 1. The molecule has 0 radical (unpaired) electrons. The number of nitrogens with one attached hydrogen (secondary N) is 3. The van der Waals surface area contributed by atoms with E-state index in [1.54, 1.807) is 13.0 Å². The minimum atomic E-state index is -3.60. The Morgan fingerprint density at radius 3 is 2.86 bits per heavy atom. The van der Waals surface area contributed by atoms with Crippen molar-refractivity contribution in [3.05, 3.63) is 41.7 Å². The molecule has 0 spiro atoms. The van der Waals surface area contributed by atoms with Crippen molar-refractivity contribution in [3.8, 4) is 0 Å². The predicted molar refractivity (Wildman–Crippen MR) is 80.4 cm³/mol. The molecule has 0 amide bonds. The highest BCUT2D eigenvalue weighted by molar-refractivity contribution is 7.92. The summed E-state index contributed by atoms with van der Waals surface area (Å²) in [7, 11) is -3.60. The quantitative estimate of drug-likeness (QED) is 0.759. The molecule has 1 aromatic heterocycles. The standard InChI is InChI=1S/C14H18N4O2S/c1-10-2-3-11(7-15-12-4-5-12)6-14(10)21(19,20)18-13-8-16-17-9-13/h2-3,6,8-9,12,15,18H,4-5,7H2,1H3,(H,16,17). The van der Waals surface area contributed by atoms with Gasteiger partial charge in [0, 0.05) is 18.8 Å². The van der Waals surface area contributed by atoms with Crippen LogP contribution in [0.1, 0.15) is 24.0 Å². The van der Waals surface area contributed by atoms with Gasteiger partial charge in [-0.3, -0.25) is 9.82 Å². The van der Waals surface area contributed by atoms with E-state index in [9.17, 15) is 8.42 Å². The number of sulfonamides is 1. The normalized spacial score (nSPS) is 15.1. The number of rotatable bonds is 6. The Balaban J connectivity index is 1.83. The van der Waals surface area contributed by atoms with Crippen molar-refractivity contribution in [2.45, 2.75) is 37.2 Å². The molecule has 7 heteroatoms. The average molecular weight is 306 g/mol. The van der Waals surface area contributed by atoms with E-state index in [0.29, 0.717) is 23.2 Å². The fourth-order valence-electron chi connectivity index (χ4n) is 2.11. The zero-order valence-electron chi connectivity index (χ0n) is 11.8. The van der Waals surface area contributed by atoms with Crippen molar-refractivity contribution < 1.29 is 8.42 Å². The van der Waals surface area contributed by atoms with Crippen LogP contribution in [0.3, 0.4) is 0 Å². The van der Waals surface area contributed by atoms with Gasteiger partial charge in [-0.05, 0) is 37.0 Å². The molecule has 1 aromatic carbocycles. The van der Waals surface area contributed by atoms with Crippen molar-refractivity contribution in [3.63, 3.8) is 0 Å². The Hall–Kier alpha value is -1.86. The highest BCUT2D eigenvalue weighted by Crippen LogP contribution is 2.22. The zero-order chi connectivity index (χ0) is 14.9. The lowest BCUT2D eigenvalue weighted by Crippen LogP contribution is -2.17. The highest BCUT2D eigenvalue weighted by atomic mass is 32.2. The van der Waals surface area contributed by atoms with E-state index in [-0.39, 0.29) is 0 Å². The summed E-state index contributed by atoms with van der Waals surface area (Å²) in [4.78, 5) is 0.304. The minimum Gasteiger partial charge on any atom is -0.310 e. The topological polar surface area (TPSA) is 86.9 Å². The number of nitrogens with zero attached hydrogens (tertiary/aromatic N) is 1. The van der Waals surface area contributed by atoms with Gasteiger partial charge in [0.2, 0.25) is 0 Å². The Kier molecular flexibility index (Phi) is 3.69. The molecule has 0 bridgehead atoms. The van der Waals surface area contributed by atoms with E-state index in [4.69, 9.17) is 0 Å². The molecule has 1 fully saturated rings. The summed E-state index contributed by atoms with van der Waals surface area (Å²) in [6.45, 7) is 2.49. The van der Waals surface area contributed by atoms with Gasteiger partial charge < -0.3 is 5.32 Å². The first-order chi connectivity index (χ1) is 10.0. The molecule has 2 aromatic rings. The van der Waals surface area contributed by atoms with Crippen molar-refractivity contribution in [2.24, 2.45) is 0 Å². The SMILES string of the molecule is Cc1ccc(CNC2CC2)cc1S(=O)(=O)Nc1cn[nH]c1. The second kappa shape index (κ2) is 5.50. The van der Waals surface area contributed by atoms with Crippen molar-refractivity contribution >= 4 is 15.7 Å². The van der Waals surface area contributed by atoms with Gasteiger partial charge >= 0.3 is 0 Å². The van der Waals surface area contributed by atoms with Crippen molar-refractivity contribution in [1.29, 1.82) is 0 Å². The van der Waals surface area contributed by atoms with E-state index in [0.717, 1.165) is 11.1 Å². The molecule has 3 rings (SSSR count). The van der Waals surface area contributed by atoms with E-state index in [1.165, 1.54) is 25.2 Å². The third kappa shape index (κ3) is 3.43. The minimum absolute atomic E-state index is 0.304. The summed E-state index contributed by atoms with van der Waals surface area (Å²) in [6.07, 6.45) is 5.36. The monoisotopic (exact) mass is 306 g/mol.